The van der Waals surface area contributed by atoms with E-state index >= 15 is 0 Å². The van der Waals surface area contributed by atoms with E-state index in [0.717, 1.165) is 16.3 Å². The molecular formula is C22H14Cl2O2. The van der Waals surface area contributed by atoms with Crippen molar-refractivity contribution in [3.63, 3.8) is 0 Å². The molecule has 0 N–H and O–H groups in total. The first-order chi connectivity index (χ1) is 12.5. The van der Waals surface area contributed by atoms with Crippen molar-refractivity contribution in [3.05, 3.63) is 87.9 Å². The van der Waals surface area contributed by atoms with Crippen molar-refractivity contribution in [2.75, 3.05) is 0 Å². The molecule has 0 amide bonds. The minimum Gasteiger partial charge on any atom is -0.421 e. The number of carbonyl (C=O) groups is 1. The fourth-order valence-corrected chi connectivity index (χ4v) is 3.65. The number of hydrogen-bond donors (Lipinski definition) is 0. The third-order valence-electron chi connectivity index (χ3n) is 4.31. The van der Waals surface area contributed by atoms with Gasteiger partial charge < -0.3 is 4.74 Å². The van der Waals surface area contributed by atoms with Gasteiger partial charge in [0.25, 0.3) is 0 Å². The molecule has 128 valence electrons. The first-order valence-corrected chi connectivity index (χ1v) is 8.88. The SMILES string of the molecule is Cc1cccc(C(=O)Oc2c3c(Cl)cccc3cc3cccc(Cl)c23)c1. The van der Waals surface area contributed by atoms with E-state index in [2.05, 4.69) is 0 Å². The monoisotopic (exact) mass is 380 g/mol. The summed E-state index contributed by atoms with van der Waals surface area (Å²) in [5.74, 6) is -0.0532. The molecule has 4 rings (SSSR count). The summed E-state index contributed by atoms with van der Waals surface area (Å²) in [5.41, 5.74) is 1.47. The van der Waals surface area contributed by atoms with E-state index in [9.17, 15) is 4.79 Å². The molecule has 0 aliphatic carbocycles. The fraction of sp³-hybridized carbons (Fsp3) is 0.0455. The van der Waals surface area contributed by atoms with Gasteiger partial charge in [-0.15, -0.1) is 0 Å². The second kappa shape index (κ2) is 6.64. The van der Waals surface area contributed by atoms with Crippen LogP contribution in [0.25, 0.3) is 21.5 Å². The van der Waals surface area contributed by atoms with Gasteiger partial charge in [-0.1, -0.05) is 65.2 Å². The molecule has 0 saturated carbocycles. The van der Waals surface area contributed by atoms with Gasteiger partial charge in [0.1, 0.15) is 5.75 Å². The predicted molar refractivity (Wildman–Crippen MR) is 108 cm³/mol. The average Bonchev–Trinajstić information content (AvgIpc) is 2.61. The number of rotatable bonds is 2. The van der Waals surface area contributed by atoms with Gasteiger partial charge in [0.05, 0.1) is 15.6 Å². The van der Waals surface area contributed by atoms with Crippen LogP contribution >= 0.6 is 23.2 Å². The Morgan fingerprint density at radius 2 is 1.38 bits per heavy atom. The topological polar surface area (TPSA) is 26.3 Å². The maximum atomic E-state index is 12.8. The molecule has 4 aromatic rings. The van der Waals surface area contributed by atoms with Crippen molar-refractivity contribution < 1.29 is 9.53 Å². The van der Waals surface area contributed by atoms with Crippen LogP contribution in [0.2, 0.25) is 10.0 Å². The van der Waals surface area contributed by atoms with Crippen molar-refractivity contribution in [3.8, 4) is 5.75 Å². The van der Waals surface area contributed by atoms with E-state index in [1.165, 1.54) is 0 Å². The van der Waals surface area contributed by atoms with Crippen LogP contribution in [0, 0.1) is 6.92 Å². The Hall–Kier alpha value is -2.55. The highest BCUT2D eigenvalue weighted by atomic mass is 35.5. The molecule has 2 nitrogen and oxygen atoms in total. The molecule has 0 aliphatic rings. The number of ether oxygens (including phenoxy) is 1. The summed E-state index contributed by atoms with van der Waals surface area (Å²) >= 11 is 12.9. The van der Waals surface area contributed by atoms with Crippen LogP contribution in [0.1, 0.15) is 15.9 Å². The summed E-state index contributed by atoms with van der Waals surface area (Å²) in [6.07, 6.45) is 0. The Morgan fingerprint density at radius 3 is 1.96 bits per heavy atom. The summed E-state index contributed by atoms with van der Waals surface area (Å²) in [7, 11) is 0. The van der Waals surface area contributed by atoms with Gasteiger partial charge >= 0.3 is 5.97 Å². The van der Waals surface area contributed by atoms with Crippen LogP contribution in [-0.4, -0.2) is 5.97 Å². The predicted octanol–water partition coefficient (Wildman–Crippen LogP) is 6.83. The van der Waals surface area contributed by atoms with Gasteiger partial charge in [-0.3, -0.25) is 0 Å². The van der Waals surface area contributed by atoms with Gasteiger partial charge in [-0.25, -0.2) is 4.79 Å². The Morgan fingerprint density at radius 1 is 0.808 bits per heavy atom. The van der Waals surface area contributed by atoms with Gasteiger partial charge in [0.15, 0.2) is 0 Å². The smallest absolute Gasteiger partial charge is 0.343 e. The van der Waals surface area contributed by atoms with Gasteiger partial charge in [0.2, 0.25) is 0 Å². The third kappa shape index (κ3) is 2.92. The lowest BCUT2D eigenvalue weighted by atomic mass is 10.0. The summed E-state index contributed by atoms with van der Waals surface area (Å²) in [5, 5.41) is 4.15. The quantitative estimate of drug-likeness (QED) is 0.216. The first kappa shape index (κ1) is 16.9. The Bertz CT molecular complexity index is 1110. The van der Waals surface area contributed by atoms with Crippen LogP contribution in [0.4, 0.5) is 0 Å². The van der Waals surface area contributed by atoms with Crippen molar-refractivity contribution in [1.82, 2.24) is 0 Å². The lowest BCUT2D eigenvalue weighted by Crippen LogP contribution is -2.09. The Labute approximate surface area is 160 Å². The number of hydrogen-bond acceptors (Lipinski definition) is 2. The van der Waals surface area contributed by atoms with Crippen molar-refractivity contribution in [2.45, 2.75) is 6.92 Å². The largest absolute Gasteiger partial charge is 0.421 e. The number of halogens is 2. The number of fused-ring (bicyclic) bond motifs is 2. The molecule has 26 heavy (non-hydrogen) atoms. The zero-order valence-electron chi connectivity index (χ0n) is 13.9. The molecule has 0 atom stereocenters. The summed E-state index contributed by atoms with van der Waals surface area (Å²) in [4.78, 5) is 12.8. The molecule has 0 aromatic heterocycles. The molecule has 0 spiro atoms. The lowest BCUT2D eigenvalue weighted by Gasteiger charge is -2.14. The third-order valence-corrected chi connectivity index (χ3v) is 4.94. The molecule has 4 heteroatoms. The molecule has 0 radical (unpaired) electrons. The standard InChI is InChI=1S/C22H14Cl2O2/c1-13-5-2-8-16(11-13)22(25)26-21-19-14(6-3-9-17(19)23)12-15-7-4-10-18(24)20(15)21/h2-12H,1H3. The summed E-state index contributed by atoms with van der Waals surface area (Å²) in [6.45, 7) is 1.93. The Balaban J connectivity index is 1.98. The maximum absolute atomic E-state index is 12.8. The maximum Gasteiger partial charge on any atom is 0.343 e. The second-order valence-electron chi connectivity index (χ2n) is 6.14. The van der Waals surface area contributed by atoms with E-state index in [-0.39, 0.29) is 0 Å². The highest BCUT2D eigenvalue weighted by molar-refractivity contribution is 6.39. The zero-order chi connectivity index (χ0) is 18.3. The van der Waals surface area contributed by atoms with Gasteiger partial charge in [-0.2, -0.15) is 0 Å². The minimum atomic E-state index is -0.442. The molecule has 0 heterocycles. The highest BCUT2D eigenvalue weighted by Crippen LogP contribution is 2.42. The van der Waals surface area contributed by atoms with Crippen molar-refractivity contribution in [1.29, 1.82) is 0 Å². The molecule has 0 fully saturated rings. The van der Waals surface area contributed by atoms with Crippen LogP contribution in [-0.2, 0) is 0 Å². The van der Waals surface area contributed by atoms with Crippen LogP contribution in [0.3, 0.4) is 0 Å². The van der Waals surface area contributed by atoms with E-state index in [1.807, 2.05) is 49.4 Å². The number of esters is 1. The van der Waals surface area contributed by atoms with Crippen LogP contribution in [0.15, 0.2) is 66.7 Å². The van der Waals surface area contributed by atoms with Crippen molar-refractivity contribution in [2.24, 2.45) is 0 Å². The summed E-state index contributed by atoms with van der Waals surface area (Å²) < 4.78 is 5.84. The second-order valence-corrected chi connectivity index (χ2v) is 6.95. The number of aryl methyl sites for hydroxylation is 1. The van der Waals surface area contributed by atoms with Gasteiger partial charge in [0, 0.05) is 10.8 Å². The number of carbonyl (C=O) groups excluding carboxylic acids is 1. The summed E-state index contributed by atoms with van der Waals surface area (Å²) in [6, 6.07) is 20.4. The Kier molecular flexibility index (Phi) is 4.31. The fourth-order valence-electron chi connectivity index (χ4n) is 3.12. The minimum absolute atomic E-state index is 0.389. The molecule has 0 bridgehead atoms. The van der Waals surface area contributed by atoms with Crippen molar-refractivity contribution >= 4 is 50.7 Å². The van der Waals surface area contributed by atoms with E-state index in [1.54, 1.807) is 24.3 Å². The molecular weight excluding hydrogens is 367 g/mol. The highest BCUT2D eigenvalue weighted by Gasteiger charge is 2.18. The van der Waals surface area contributed by atoms with Gasteiger partial charge in [-0.05, 0) is 48.0 Å². The van der Waals surface area contributed by atoms with Crippen LogP contribution in [0.5, 0.6) is 5.75 Å². The average molecular weight is 381 g/mol. The first-order valence-electron chi connectivity index (χ1n) is 8.13. The van der Waals surface area contributed by atoms with Crippen LogP contribution < -0.4 is 4.74 Å². The number of benzene rings is 4. The lowest BCUT2D eigenvalue weighted by molar-refractivity contribution is 0.0739. The molecule has 4 aromatic carbocycles. The van der Waals surface area contributed by atoms with E-state index < -0.39 is 5.97 Å². The molecule has 0 unspecified atom stereocenters. The molecule has 0 aliphatic heterocycles. The van der Waals surface area contributed by atoms with E-state index in [4.69, 9.17) is 27.9 Å². The zero-order valence-corrected chi connectivity index (χ0v) is 15.4. The normalized spacial score (nSPS) is 11.0. The van der Waals surface area contributed by atoms with E-state index in [0.29, 0.717) is 32.1 Å². The molecule has 0 saturated heterocycles.